The Morgan fingerprint density at radius 1 is 1.00 bits per heavy atom. The van der Waals surface area contributed by atoms with Crippen LogP contribution in [0.3, 0.4) is 0 Å². The van der Waals surface area contributed by atoms with Crippen LogP contribution in [0.5, 0.6) is 0 Å². The second-order valence-corrected chi connectivity index (χ2v) is 8.71. The van der Waals surface area contributed by atoms with E-state index in [1.807, 2.05) is 13.1 Å². The monoisotopic (exact) mass is 224 g/mol. The molecule has 0 N–H and O–H groups in total. The second kappa shape index (κ2) is 5.86. The maximum atomic E-state index is 5.38. The third-order valence-corrected chi connectivity index (χ3v) is 7.22. The lowest BCUT2D eigenvalue weighted by Gasteiger charge is -2.34. The third-order valence-electron chi connectivity index (χ3n) is 1.69. The van der Waals surface area contributed by atoms with Gasteiger partial charge in [-0.05, 0) is 13.1 Å². The molecule has 7 heteroatoms. The van der Waals surface area contributed by atoms with Gasteiger partial charge in [0.05, 0.1) is 7.11 Å². The maximum absolute atomic E-state index is 5.38. The zero-order chi connectivity index (χ0) is 10.5. The van der Waals surface area contributed by atoms with Gasteiger partial charge >= 0.3 is 9.45 Å². The molecule has 13 heavy (non-hydrogen) atoms. The fourth-order valence-electron chi connectivity index (χ4n) is 0.846. The second-order valence-electron chi connectivity index (χ2n) is 2.80. The predicted molar refractivity (Wildman–Crippen MR) is 53.1 cm³/mol. The minimum absolute atomic E-state index is 1.53. The standard InChI is InChI=1S/C6H18NO4Si2/c1-8-7(12(9-2)10-3)13(5,6)11-4/h1-6H3. The highest BCUT2D eigenvalue weighted by atomic mass is 28.4. The summed E-state index contributed by atoms with van der Waals surface area (Å²) in [5, 5.41) is 0. The Kier molecular flexibility index (Phi) is 5.96. The largest absolute Gasteiger partial charge is 0.510 e. The Hall–Kier alpha value is 0.234. The van der Waals surface area contributed by atoms with Crippen LogP contribution in [-0.4, -0.2) is 50.8 Å². The quantitative estimate of drug-likeness (QED) is 0.485. The molecule has 0 aliphatic heterocycles. The van der Waals surface area contributed by atoms with E-state index < -0.39 is 17.9 Å². The minimum Gasteiger partial charge on any atom is -0.406 e. The zero-order valence-electron chi connectivity index (χ0n) is 9.08. The molecule has 0 aromatic rings. The molecule has 0 aromatic carbocycles. The van der Waals surface area contributed by atoms with Crippen LogP contribution in [0.1, 0.15) is 0 Å². The molecule has 0 fully saturated rings. The van der Waals surface area contributed by atoms with Crippen LogP contribution in [0.4, 0.5) is 0 Å². The molecule has 0 amide bonds. The van der Waals surface area contributed by atoms with Gasteiger partial charge in [0.25, 0.3) is 8.48 Å². The van der Waals surface area contributed by atoms with Crippen molar-refractivity contribution in [2.45, 2.75) is 13.1 Å². The van der Waals surface area contributed by atoms with Crippen molar-refractivity contribution in [2.75, 3.05) is 28.4 Å². The lowest BCUT2D eigenvalue weighted by atomic mass is 11.7. The molecule has 0 spiro atoms. The Balaban J connectivity index is 4.46. The van der Waals surface area contributed by atoms with Crippen LogP contribution in [0.25, 0.3) is 0 Å². The van der Waals surface area contributed by atoms with Gasteiger partial charge in [0.1, 0.15) is 0 Å². The summed E-state index contributed by atoms with van der Waals surface area (Å²) in [6.45, 7) is 4.03. The van der Waals surface area contributed by atoms with Crippen molar-refractivity contribution in [1.29, 1.82) is 0 Å². The summed E-state index contributed by atoms with van der Waals surface area (Å²) in [7, 11) is 2.93. The molecule has 1 radical (unpaired) electrons. The summed E-state index contributed by atoms with van der Waals surface area (Å²) in [5.74, 6) is 0. The highest BCUT2D eigenvalue weighted by molar-refractivity contribution is 6.75. The van der Waals surface area contributed by atoms with Crippen LogP contribution in [0.2, 0.25) is 13.1 Å². The van der Waals surface area contributed by atoms with Gasteiger partial charge in [-0.1, -0.05) is 0 Å². The molecule has 0 bridgehead atoms. The van der Waals surface area contributed by atoms with E-state index in [9.17, 15) is 0 Å². The molecule has 0 aromatic heterocycles. The van der Waals surface area contributed by atoms with Gasteiger partial charge < -0.3 is 18.1 Å². The van der Waals surface area contributed by atoms with Gasteiger partial charge in [-0.25, -0.2) is 0 Å². The van der Waals surface area contributed by atoms with Gasteiger partial charge in [-0.2, -0.15) is 4.39 Å². The van der Waals surface area contributed by atoms with Crippen molar-refractivity contribution in [1.82, 2.24) is 4.39 Å². The molecular formula is C6H18NO4Si2. The molecule has 0 unspecified atom stereocenters. The van der Waals surface area contributed by atoms with Gasteiger partial charge in [0.2, 0.25) is 0 Å². The van der Waals surface area contributed by atoms with E-state index in [0.717, 1.165) is 0 Å². The van der Waals surface area contributed by atoms with E-state index in [1.54, 1.807) is 32.8 Å². The van der Waals surface area contributed by atoms with Crippen LogP contribution in [0.15, 0.2) is 0 Å². The Morgan fingerprint density at radius 3 is 1.69 bits per heavy atom. The van der Waals surface area contributed by atoms with Crippen molar-refractivity contribution in [3.05, 3.63) is 0 Å². The lowest BCUT2D eigenvalue weighted by Crippen LogP contribution is -2.58. The summed E-state index contributed by atoms with van der Waals surface area (Å²) in [6.07, 6.45) is 0. The van der Waals surface area contributed by atoms with E-state index in [1.165, 1.54) is 0 Å². The van der Waals surface area contributed by atoms with Crippen LogP contribution in [0, 0.1) is 0 Å². The predicted octanol–water partition coefficient (Wildman–Crippen LogP) is 0.476. The van der Waals surface area contributed by atoms with Gasteiger partial charge in [0, 0.05) is 21.3 Å². The molecule has 0 aliphatic rings. The average Bonchev–Trinajstić information content (AvgIpc) is 2.13. The molecule has 0 atom stereocenters. The first-order chi connectivity index (χ1) is 6.03. The Labute approximate surface area is 82.6 Å². The van der Waals surface area contributed by atoms with Crippen molar-refractivity contribution in [3.63, 3.8) is 0 Å². The first-order valence-electron chi connectivity index (χ1n) is 3.88. The normalized spacial score (nSPS) is 12.9. The molecule has 5 nitrogen and oxygen atoms in total. The SMILES string of the molecule is CON([Si](OC)OC)[Si](C)(C)OC. The first-order valence-corrected chi connectivity index (χ1v) is 7.99. The van der Waals surface area contributed by atoms with Crippen molar-refractivity contribution >= 4 is 17.9 Å². The van der Waals surface area contributed by atoms with E-state index >= 15 is 0 Å². The first kappa shape index (κ1) is 13.2. The summed E-state index contributed by atoms with van der Waals surface area (Å²) < 4.78 is 17.5. The van der Waals surface area contributed by atoms with Crippen molar-refractivity contribution in [3.8, 4) is 0 Å². The number of hydrogen-bond donors (Lipinski definition) is 0. The number of hydrogen-bond acceptors (Lipinski definition) is 5. The summed E-state index contributed by atoms with van der Waals surface area (Å²) in [5.41, 5.74) is 0. The van der Waals surface area contributed by atoms with E-state index in [4.69, 9.17) is 18.1 Å². The lowest BCUT2D eigenvalue weighted by molar-refractivity contribution is -0.0406. The molecule has 0 aliphatic carbocycles. The minimum atomic E-state index is -2.01. The fourth-order valence-corrected chi connectivity index (χ4v) is 4.68. The fraction of sp³-hybridized carbons (Fsp3) is 1.00. The number of nitrogens with zero attached hydrogens (tertiary/aromatic N) is 1. The molecular weight excluding hydrogens is 206 g/mol. The topological polar surface area (TPSA) is 40.2 Å². The van der Waals surface area contributed by atoms with Crippen LogP contribution in [-0.2, 0) is 18.1 Å². The van der Waals surface area contributed by atoms with Crippen molar-refractivity contribution in [2.24, 2.45) is 0 Å². The van der Waals surface area contributed by atoms with E-state index in [-0.39, 0.29) is 0 Å². The van der Waals surface area contributed by atoms with Gasteiger partial charge in [0.15, 0.2) is 0 Å². The molecule has 0 saturated carbocycles. The van der Waals surface area contributed by atoms with Crippen LogP contribution >= 0.6 is 0 Å². The Bertz CT molecular complexity index is 143. The van der Waals surface area contributed by atoms with Crippen molar-refractivity contribution < 1.29 is 18.1 Å². The summed E-state index contributed by atoms with van der Waals surface area (Å²) in [4.78, 5) is 5.22. The third kappa shape index (κ3) is 3.46. The smallest absolute Gasteiger partial charge is 0.406 e. The molecule has 0 heterocycles. The van der Waals surface area contributed by atoms with E-state index in [2.05, 4.69) is 0 Å². The Morgan fingerprint density at radius 2 is 1.46 bits per heavy atom. The summed E-state index contributed by atoms with van der Waals surface area (Å²) in [6, 6.07) is 0. The zero-order valence-corrected chi connectivity index (χ0v) is 11.1. The summed E-state index contributed by atoms with van der Waals surface area (Å²) >= 11 is 0. The van der Waals surface area contributed by atoms with Gasteiger partial charge in [-0.3, -0.25) is 0 Å². The highest BCUT2D eigenvalue weighted by Gasteiger charge is 2.40. The molecule has 79 valence electrons. The maximum Gasteiger partial charge on any atom is 0.510 e. The molecule has 0 saturated heterocycles. The van der Waals surface area contributed by atoms with E-state index in [0.29, 0.717) is 0 Å². The van der Waals surface area contributed by atoms with Crippen LogP contribution < -0.4 is 0 Å². The average molecular weight is 224 g/mol. The number of rotatable bonds is 6. The highest BCUT2D eigenvalue weighted by Crippen LogP contribution is 2.13. The molecule has 0 rings (SSSR count). The van der Waals surface area contributed by atoms with Gasteiger partial charge in [-0.15, -0.1) is 0 Å².